The summed E-state index contributed by atoms with van der Waals surface area (Å²) < 4.78 is 10.3. The van der Waals surface area contributed by atoms with Gasteiger partial charge in [0.05, 0.1) is 19.5 Å². The summed E-state index contributed by atoms with van der Waals surface area (Å²) in [5.41, 5.74) is 7.52. The molecule has 0 aliphatic rings. The molecule has 144 valence electrons. The SMILES string of the molecule is CCCCOC(=O)CSc1[nH+]c(N)c(C#N)c(-c2ccc(OC)cc2)c1C#N. The molecule has 0 amide bonds. The molecule has 1 heterocycles. The van der Waals surface area contributed by atoms with Crippen molar-refractivity contribution >= 4 is 23.5 Å². The maximum absolute atomic E-state index is 11.9. The zero-order chi connectivity index (χ0) is 20.5. The second-order valence-corrected chi connectivity index (χ2v) is 6.79. The van der Waals surface area contributed by atoms with E-state index in [2.05, 4.69) is 17.1 Å². The Hall–Kier alpha value is -3.23. The van der Waals surface area contributed by atoms with Crippen molar-refractivity contribution in [3.8, 4) is 29.0 Å². The summed E-state index contributed by atoms with van der Waals surface area (Å²) >= 11 is 1.12. The van der Waals surface area contributed by atoms with E-state index in [1.165, 1.54) is 0 Å². The monoisotopic (exact) mass is 397 g/mol. The van der Waals surface area contributed by atoms with Gasteiger partial charge >= 0.3 is 5.97 Å². The molecule has 0 bridgehead atoms. The van der Waals surface area contributed by atoms with Crippen molar-refractivity contribution in [3.05, 3.63) is 35.4 Å². The molecule has 0 saturated carbocycles. The summed E-state index contributed by atoms with van der Waals surface area (Å²) in [5.74, 6) is 0.446. The Morgan fingerprint density at radius 3 is 2.46 bits per heavy atom. The second kappa shape index (κ2) is 10.2. The van der Waals surface area contributed by atoms with Crippen molar-refractivity contribution in [2.45, 2.75) is 24.8 Å². The maximum atomic E-state index is 11.9. The molecule has 28 heavy (non-hydrogen) atoms. The van der Waals surface area contributed by atoms with Crippen LogP contribution >= 0.6 is 11.8 Å². The van der Waals surface area contributed by atoms with Crippen LogP contribution in [0.2, 0.25) is 0 Å². The minimum atomic E-state index is -0.371. The number of hydrogen-bond acceptors (Lipinski definition) is 7. The number of H-pyrrole nitrogens is 1. The van der Waals surface area contributed by atoms with Gasteiger partial charge in [-0.1, -0.05) is 37.2 Å². The number of nitrogens with one attached hydrogen (secondary N) is 1. The number of rotatable bonds is 8. The number of methoxy groups -OCH3 is 1. The van der Waals surface area contributed by atoms with Crippen LogP contribution in [0.3, 0.4) is 0 Å². The summed E-state index contributed by atoms with van der Waals surface area (Å²) in [7, 11) is 1.56. The molecule has 1 aromatic carbocycles. The number of ether oxygens (including phenoxy) is 2. The van der Waals surface area contributed by atoms with Gasteiger partial charge in [-0.25, -0.2) is 4.98 Å². The number of pyridine rings is 1. The van der Waals surface area contributed by atoms with E-state index in [9.17, 15) is 15.3 Å². The molecule has 0 aliphatic carbocycles. The van der Waals surface area contributed by atoms with E-state index < -0.39 is 0 Å². The van der Waals surface area contributed by atoms with Crippen molar-refractivity contribution in [1.29, 1.82) is 10.5 Å². The minimum Gasteiger partial charge on any atom is -0.497 e. The van der Waals surface area contributed by atoms with Crippen molar-refractivity contribution in [2.75, 3.05) is 25.2 Å². The first kappa shape index (κ1) is 21.1. The molecule has 1 aromatic heterocycles. The average Bonchev–Trinajstić information content (AvgIpc) is 2.72. The first-order chi connectivity index (χ1) is 13.5. The van der Waals surface area contributed by atoms with Crippen LogP contribution in [0.5, 0.6) is 5.75 Å². The lowest BCUT2D eigenvalue weighted by Crippen LogP contribution is -2.20. The number of nitrogen functional groups attached to an aromatic ring is 1. The Bertz CT molecular complexity index is 930. The minimum absolute atomic E-state index is 0.0300. The highest BCUT2D eigenvalue weighted by Gasteiger charge is 2.24. The molecular weight excluding hydrogens is 376 g/mol. The van der Waals surface area contributed by atoms with Gasteiger partial charge in [-0.2, -0.15) is 10.5 Å². The van der Waals surface area contributed by atoms with Crippen molar-refractivity contribution in [2.24, 2.45) is 0 Å². The number of aromatic nitrogens is 1. The van der Waals surface area contributed by atoms with Crippen LogP contribution in [-0.2, 0) is 9.53 Å². The third-order valence-corrected chi connectivity index (χ3v) is 4.92. The molecule has 8 heteroatoms. The van der Waals surface area contributed by atoms with Gasteiger partial charge in [0.15, 0.2) is 5.03 Å². The quantitative estimate of drug-likeness (QED) is 0.412. The number of esters is 1. The third kappa shape index (κ3) is 4.93. The second-order valence-electron chi connectivity index (χ2n) is 5.81. The Labute approximate surface area is 168 Å². The summed E-state index contributed by atoms with van der Waals surface area (Å²) in [5, 5.41) is 19.7. The highest BCUT2D eigenvalue weighted by Crippen LogP contribution is 2.34. The van der Waals surface area contributed by atoms with Crippen LogP contribution in [0.25, 0.3) is 11.1 Å². The normalized spacial score (nSPS) is 10.0. The van der Waals surface area contributed by atoms with Gasteiger partial charge in [-0.3, -0.25) is 10.5 Å². The van der Waals surface area contributed by atoms with Crippen molar-refractivity contribution in [1.82, 2.24) is 0 Å². The fourth-order valence-corrected chi connectivity index (χ4v) is 3.32. The van der Waals surface area contributed by atoms with Crippen LogP contribution in [0.4, 0.5) is 5.82 Å². The van der Waals surface area contributed by atoms with Crippen LogP contribution in [0.15, 0.2) is 29.3 Å². The van der Waals surface area contributed by atoms with E-state index in [0.29, 0.717) is 28.5 Å². The first-order valence-corrected chi connectivity index (χ1v) is 9.66. The summed E-state index contributed by atoms with van der Waals surface area (Å²) in [6.07, 6.45) is 1.74. The highest BCUT2D eigenvalue weighted by molar-refractivity contribution is 7.99. The Balaban J connectivity index is 2.40. The number of aromatic amines is 1. The first-order valence-electron chi connectivity index (χ1n) is 8.67. The molecule has 0 atom stereocenters. The Kier molecular flexibility index (Phi) is 7.67. The van der Waals surface area contributed by atoms with Gasteiger partial charge < -0.3 is 9.47 Å². The largest absolute Gasteiger partial charge is 0.497 e. The van der Waals surface area contributed by atoms with Crippen LogP contribution in [0.1, 0.15) is 30.9 Å². The molecular formula is C20H21N4O3S+. The van der Waals surface area contributed by atoms with Gasteiger partial charge in [-0.05, 0) is 24.1 Å². The molecule has 0 fully saturated rings. The summed E-state index contributed by atoms with van der Waals surface area (Å²) in [4.78, 5) is 14.8. The van der Waals surface area contributed by atoms with E-state index in [0.717, 1.165) is 24.6 Å². The van der Waals surface area contributed by atoms with Gasteiger partial charge in [0, 0.05) is 5.56 Å². The van der Waals surface area contributed by atoms with Gasteiger partial charge in [0.1, 0.15) is 29.0 Å². The predicted molar refractivity (Wildman–Crippen MR) is 105 cm³/mol. The lowest BCUT2D eigenvalue weighted by Gasteiger charge is -2.11. The molecule has 2 aromatic rings. The lowest BCUT2D eigenvalue weighted by atomic mass is 9.97. The number of carbonyl (C=O) groups is 1. The topological polar surface area (TPSA) is 123 Å². The van der Waals surface area contributed by atoms with E-state index in [1.54, 1.807) is 31.4 Å². The maximum Gasteiger partial charge on any atom is 0.316 e. The zero-order valence-corrected chi connectivity index (χ0v) is 16.6. The van der Waals surface area contributed by atoms with Crippen LogP contribution in [0, 0.1) is 22.7 Å². The number of nitriles is 2. The highest BCUT2D eigenvalue weighted by atomic mass is 32.2. The van der Waals surface area contributed by atoms with Gasteiger partial charge in [0.2, 0.25) is 0 Å². The predicted octanol–water partition coefficient (Wildman–Crippen LogP) is 2.94. The molecule has 0 radical (unpaired) electrons. The number of nitrogens with two attached hydrogens (primary N) is 1. The molecule has 0 aliphatic heterocycles. The standard InChI is InChI=1S/C20H20N4O3S/c1-3-4-9-27-17(25)12-28-20-16(11-22)18(15(10-21)19(23)24-20)13-5-7-14(26-2)8-6-13/h5-8H,3-4,9,12H2,1-2H3,(H2,23,24)/p+1. The Morgan fingerprint density at radius 2 is 1.89 bits per heavy atom. The number of benzene rings is 1. The third-order valence-electron chi connectivity index (χ3n) is 3.94. The fourth-order valence-electron chi connectivity index (χ4n) is 2.50. The van der Waals surface area contributed by atoms with Crippen molar-refractivity contribution in [3.63, 3.8) is 0 Å². The fraction of sp³-hybridized carbons (Fsp3) is 0.300. The van der Waals surface area contributed by atoms with E-state index >= 15 is 0 Å². The number of thioether (sulfide) groups is 1. The van der Waals surface area contributed by atoms with Gasteiger partial charge in [0.25, 0.3) is 5.82 Å². The van der Waals surface area contributed by atoms with Gasteiger partial charge in [-0.15, -0.1) is 0 Å². The lowest BCUT2D eigenvalue weighted by molar-refractivity contribution is -0.410. The molecule has 0 saturated heterocycles. The van der Waals surface area contributed by atoms with E-state index in [4.69, 9.17) is 15.2 Å². The number of anilines is 1. The summed E-state index contributed by atoms with van der Waals surface area (Å²) in [6, 6.07) is 11.2. The Morgan fingerprint density at radius 1 is 1.21 bits per heavy atom. The summed E-state index contributed by atoms with van der Waals surface area (Å²) in [6.45, 7) is 2.38. The molecule has 0 unspecified atom stereocenters. The van der Waals surface area contributed by atoms with E-state index in [1.807, 2.05) is 6.92 Å². The average molecular weight is 397 g/mol. The molecule has 0 spiro atoms. The van der Waals surface area contributed by atoms with Crippen molar-refractivity contribution < 1.29 is 19.3 Å². The van der Waals surface area contributed by atoms with Crippen LogP contribution in [-0.4, -0.2) is 25.4 Å². The number of unbranched alkanes of at least 4 members (excludes halogenated alkanes) is 1. The number of carbonyl (C=O) groups excluding carboxylic acids is 1. The molecule has 3 N–H and O–H groups in total. The smallest absolute Gasteiger partial charge is 0.316 e. The van der Waals surface area contributed by atoms with Crippen LogP contribution < -0.4 is 15.5 Å². The van der Waals surface area contributed by atoms with E-state index in [-0.39, 0.29) is 28.7 Å². The number of hydrogen-bond donors (Lipinski definition) is 1. The molecule has 2 rings (SSSR count). The number of nitrogens with zero attached hydrogens (tertiary/aromatic N) is 2. The zero-order valence-electron chi connectivity index (χ0n) is 15.7. The molecule has 7 nitrogen and oxygen atoms in total.